The Morgan fingerprint density at radius 1 is 1.04 bits per heavy atom. The Morgan fingerprint density at radius 3 is 2.31 bits per heavy atom. The molecule has 1 atom stereocenters. The van der Waals surface area contributed by atoms with Crippen LogP contribution in [-0.4, -0.2) is 25.4 Å². The molecule has 2 aromatic rings. The topological polar surface area (TPSA) is 41.8 Å². The van der Waals surface area contributed by atoms with Crippen molar-refractivity contribution in [3.8, 4) is 0 Å². The number of nitrogens with one attached hydrogen (secondary N) is 1. The van der Waals surface area contributed by atoms with Gasteiger partial charge in [0.15, 0.2) is 6.67 Å². The number of Topliss-reactive ketones (excluding diaryl/α,β-unsaturated/α-hetero) is 1. The Labute approximate surface area is 148 Å². The molecule has 0 fully saturated rings. The number of rotatable bonds is 4. The minimum atomic E-state index is -4.36. The van der Waals surface area contributed by atoms with Gasteiger partial charge in [0.25, 0.3) is 5.78 Å². The van der Waals surface area contributed by atoms with Gasteiger partial charge in [-0.2, -0.15) is 13.2 Å². The first-order chi connectivity index (χ1) is 12.2. The monoisotopic (exact) mass is 363 g/mol. The van der Waals surface area contributed by atoms with E-state index >= 15 is 0 Å². The van der Waals surface area contributed by atoms with E-state index in [1.54, 1.807) is 12.1 Å². The summed E-state index contributed by atoms with van der Waals surface area (Å²) in [6, 6.07) is 10.2. The number of carbonyl (C=O) groups excluding carboxylic acids is 2. The van der Waals surface area contributed by atoms with Gasteiger partial charge >= 0.3 is 12.1 Å². The maximum Gasteiger partial charge on any atom is 0.416 e. The third kappa shape index (κ3) is 3.48. The number of quaternary nitrogens is 1. The summed E-state index contributed by atoms with van der Waals surface area (Å²) in [6.07, 6.45) is -4.36. The molecule has 26 heavy (non-hydrogen) atoms. The number of fused-ring (bicyclic) bond motifs is 1. The molecule has 2 aromatic carbocycles. The summed E-state index contributed by atoms with van der Waals surface area (Å²) in [5.74, 6) is -1.09. The van der Waals surface area contributed by atoms with Crippen LogP contribution in [0.5, 0.6) is 0 Å². The second-order valence-electron chi connectivity index (χ2n) is 6.57. The first-order valence-corrected chi connectivity index (χ1v) is 8.11. The Kier molecular flexibility index (Phi) is 4.58. The molecule has 0 aromatic heterocycles. The zero-order valence-corrected chi connectivity index (χ0v) is 14.4. The lowest BCUT2D eigenvalue weighted by Gasteiger charge is -2.22. The molecule has 7 heteroatoms. The maximum absolute atomic E-state index is 12.6. The molecule has 1 aliphatic heterocycles. The van der Waals surface area contributed by atoms with Crippen LogP contribution in [0.15, 0.2) is 42.5 Å². The number of aryl methyl sites for hydroxylation is 1. The van der Waals surface area contributed by atoms with Crippen LogP contribution < -0.4 is 9.80 Å². The molecule has 0 radical (unpaired) electrons. The molecular formula is C19H18F3N2O2+. The Balaban J connectivity index is 1.72. The molecule has 1 amide bonds. The molecule has 1 aliphatic rings. The minimum Gasteiger partial charge on any atom is -0.316 e. The van der Waals surface area contributed by atoms with Gasteiger partial charge in [0.2, 0.25) is 0 Å². The average Bonchev–Trinajstić information content (AvgIpc) is 2.79. The minimum absolute atomic E-state index is 0.252. The van der Waals surface area contributed by atoms with Crippen LogP contribution in [0.4, 0.5) is 18.9 Å². The number of anilines is 1. The van der Waals surface area contributed by atoms with Crippen LogP contribution in [0.2, 0.25) is 0 Å². The highest BCUT2D eigenvalue weighted by atomic mass is 19.4. The van der Waals surface area contributed by atoms with E-state index in [9.17, 15) is 22.8 Å². The number of benzene rings is 2. The van der Waals surface area contributed by atoms with Gasteiger partial charge in [-0.05, 0) is 31.2 Å². The summed E-state index contributed by atoms with van der Waals surface area (Å²) >= 11 is 0. The van der Waals surface area contributed by atoms with Crippen LogP contribution in [0.1, 0.15) is 27.0 Å². The third-order valence-corrected chi connectivity index (χ3v) is 4.34. The zero-order valence-electron chi connectivity index (χ0n) is 14.4. The van der Waals surface area contributed by atoms with Crippen molar-refractivity contribution in [2.45, 2.75) is 19.6 Å². The van der Waals surface area contributed by atoms with Crippen molar-refractivity contribution in [3.05, 3.63) is 64.7 Å². The lowest BCUT2D eigenvalue weighted by atomic mass is 10.1. The van der Waals surface area contributed by atoms with Gasteiger partial charge in [0.05, 0.1) is 23.9 Å². The number of nitrogens with zero attached hydrogens (tertiary/aromatic N) is 1. The van der Waals surface area contributed by atoms with Gasteiger partial charge in [-0.1, -0.05) is 23.8 Å². The fraction of sp³-hybridized carbons (Fsp3) is 0.263. The molecule has 0 saturated heterocycles. The molecule has 136 valence electrons. The van der Waals surface area contributed by atoms with Gasteiger partial charge in [0.1, 0.15) is 6.54 Å². The fourth-order valence-corrected chi connectivity index (χ4v) is 3.06. The van der Waals surface area contributed by atoms with Crippen molar-refractivity contribution in [2.75, 3.05) is 18.6 Å². The van der Waals surface area contributed by atoms with Gasteiger partial charge in [-0.15, -0.1) is 0 Å². The predicted molar refractivity (Wildman–Crippen MR) is 89.9 cm³/mol. The molecule has 1 unspecified atom stereocenters. The summed E-state index contributed by atoms with van der Waals surface area (Å²) in [4.78, 5) is 26.7. The van der Waals surface area contributed by atoms with Crippen molar-refractivity contribution < 1.29 is 27.7 Å². The summed E-state index contributed by atoms with van der Waals surface area (Å²) in [5, 5.41) is 0. The first-order valence-electron chi connectivity index (χ1n) is 8.11. The Morgan fingerprint density at radius 2 is 1.69 bits per heavy atom. The molecule has 0 spiro atoms. The SMILES string of the molecule is Cc1ccc2c(c1)C(=O)C(=O)N2C[NH+](C)Cc1ccc(C(F)(F)F)cc1. The van der Waals surface area contributed by atoms with Crippen molar-refractivity contribution in [1.82, 2.24) is 0 Å². The van der Waals surface area contributed by atoms with Crippen LogP contribution in [0.3, 0.4) is 0 Å². The van der Waals surface area contributed by atoms with E-state index < -0.39 is 23.4 Å². The van der Waals surface area contributed by atoms with E-state index in [0.29, 0.717) is 17.8 Å². The van der Waals surface area contributed by atoms with Crippen molar-refractivity contribution in [1.29, 1.82) is 0 Å². The van der Waals surface area contributed by atoms with Gasteiger partial charge < -0.3 is 4.90 Å². The smallest absolute Gasteiger partial charge is 0.316 e. The van der Waals surface area contributed by atoms with E-state index in [2.05, 4.69) is 0 Å². The number of hydrogen-bond donors (Lipinski definition) is 1. The Bertz CT molecular complexity index is 860. The summed E-state index contributed by atoms with van der Waals surface area (Å²) in [5.41, 5.74) is 1.91. The fourth-order valence-electron chi connectivity index (χ4n) is 3.06. The van der Waals surface area contributed by atoms with E-state index in [4.69, 9.17) is 0 Å². The number of alkyl halides is 3. The molecule has 1 N–H and O–H groups in total. The lowest BCUT2D eigenvalue weighted by molar-refractivity contribution is -0.892. The van der Waals surface area contributed by atoms with Crippen molar-refractivity contribution in [3.63, 3.8) is 0 Å². The Hall–Kier alpha value is -2.67. The van der Waals surface area contributed by atoms with Crippen LogP contribution in [-0.2, 0) is 17.5 Å². The molecule has 0 aliphatic carbocycles. The number of halogens is 3. The molecule has 3 rings (SSSR count). The maximum atomic E-state index is 12.6. The number of hydrogen-bond acceptors (Lipinski definition) is 2. The predicted octanol–water partition coefficient (Wildman–Crippen LogP) is 2.22. The number of ketones is 1. The molecule has 0 bridgehead atoms. The molecule has 0 saturated carbocycles. The second kappa shape index (κ2) is 6.57. The van der Waals surface area contributed by atoms with E-state index in [1.165, 1.54) is 17.0 Å². The van der Waals surface area contributed by atoms with E-state index in [1.807, 2.05) is 20.0 Å². The first kappa shape index (κ1) is 18.1. The normalized spacial score (nSPS) is 15.3. The molecule has 1 heterocycles. The largest absolute Gasteiger partial charge is 0.416 e. The van der Waals surface area contributed by atoms with Crippen LogP contribution in [0.25, 0.3) is 0 Å². The lowest BCUT2D eigenvalue weighted by Crippen LogP contribution is -3.09. The van der Waals surface area contributed by atoms with E-state index in [0.717, 1.165) is 28.2 Å². The molecule has 4 nitrogen and oxygen atoms in total. The third-order valence-electron chi connectivity index (χ3n) is 4.34. The van der Waals surface area contributed by atoms with E-state index in [-0.39, 0.29) is 6.67 Å². The summed E-state index contributed by atoms with van der Waals surface area (Å²) < 4.78 is 37.9. The highest BCUT2D eigenvalue weighted by molar-refractivity contribution is 6.52. The number of amides is 1. The molecular weight excluding hydrogens is 345 g/mol. The summed E-state index contributed by atoms with van der Waals surface area (Å²) in [6.45, 7) is 2.53. The van der Waals surface area contributed by atoms with Crippen molar-refractivity contribution >= 4 is 17.4 Å². The van der Waals surface area contributed by atoms with Gasteiger partial charge in [-0.25, -0.2) is 0 Å². The average molecular weight is 363 g/mol. The standard InChI is InChI=1S/C19H17F3N2O2/c1-12-3-8-16-15(9-12)17(25)18(26)24(16)11-23(2)10-13-4-6-14(7-5-13)19(20,21)22/h3-9H,10-11H2,1-2H3/p+1. The van der Waals surface area contributed by atoms with Gasteiger partial charge in [0, 0.05) is 5.56 Å². The van der Waals surface area contributed by atoms with Gasteiger partial charge in [-0.3, -0.25) is 14.5 Å². The quantitative estimate of drug-likeness (QED) is 0.847. The highest BCUT2D eigenvalue weighted by Crippen LogP contribution is 2.30. The highest BCUT2D eigenvalue weighted by Gasteiger charge is 2.37. The zero-order chi connectivity index (χ0) is 19.1. The van der Waals surface area contributed by atoms with Crippen molar-refractivity contribution in [2.24, 2.45) is 0 Å². The number of carbonyl (C=O) groups is 2. The second-order valence-corrected chi connectivity index (χ2v) is 6.57. The van der Waals surface area contributed by atoms with Crippen LogP contribution in [0, 0.1) is 6.92 Å². The van der Waals surface area contributed by atoms with Crippen LogP contribution >= 0.6 is 0 Å². The summed E-state index contributed by atoms with van der Waals surface area (Å²) in [7, 11) is 1.82.